The summed E-state index contributed by atoms with van der Waals surface area (Å²) >= 11 is 0. The van der Waals surface area contributed by atoms with Crippen LogP contribution in [0, 0.1) is 0 Å². The topological polar surface area (TPSA) is 80.9 Å². The third-order valence-electron chi connectivity index (χ3n) is 2.98. The number of rotatable bonds is 4. The van der Waals surface area contributed by atoms with Crippen molar-refractivity contribution < 1.29 is 20.1 Å². The van der Waals surface area contributed by atoms with E-state index in [2.05, 4.69) is 0 Å². The lowest BCUT2D eigenvalue weighted by molar-refractivity contribution is 0.422. The van der Waals surface area contributed by atoms with E-state index in [1.165, 1.54) is 0 Å². The summed E-state index contributed by atoms with van der Waals surface area (Å²) in [4.78, 5) is 0. The second-order valence-electron chi connectivity index (χ2n) is 4.31. The Kier molecular flexibility index (Phi) is 4.76. The SMILES string of the molecule is OB(O)C(=C(B(O)O)c1ccccc1)c1ccccc1. The van der Waals surface area contributed by atoms with Crippen molar-refractivity contribution in [1.82, 2.24) is 0 Å². The first-order chi connectivity index (χ1) is 9.61. The molecule has 0 aliphatic carbocycles. The highest BCUT2D eigenvalue weighted by Crippen LogP contribution is 2.28. The van der Waals surface area contributed by atoms with Crippen molar-refractivity contribution in [3.63, 3.8) is 0 Å². The summed E-state index contributed by atoms with van der Waals surface area (Å²) in [5, 5.41) is 38.5. The van der Waals surface area contributed by atoms with Crippen molar-refractivity contribution in [2.75, 3.05) is 0 Å². The van der Waals surface area contributed by atoms with Crippen LogP contribution in [0.3, 0.4) is 0 Å². The van der Waals surface area contributed by atoms with Gasteiger partial charge in [0.15, 0.2) is 0 Å². The van der Waals surface area contributed by atoms with E-state index in [1.54, 1.807) is 60.7 Å². The summed E-state index contributed by atoms with van der Waals surface area (Å²) in [6.07, 6.45) is 0. The number of hydrogen-bond donors (Lipinski definition) is 4. The first-order valence-electron chi connectivity index (χ1n) is 6.18. The molecule has 4 N–H and O–H groups in total. The van der Waals surface area contributed by atoms with Gasteiger partial charge in [0.1, 0.15) is 0 Å². The molecular formula is C14H14B2O4. The average molecular weight is 268 g/mol. The lowest BCUT2D eigenvalue weighted by atomic mass is 9.61. The van der Waals surface area contributed by atoms with Crippen LogP contribution in [0.1, 0.15) is 11.1 Å². The van der Waals surface area contributed by atoms with E-state index >= 15 is 0 Å². The Balaban J connectivity index is 2.67. The molecule has 20 heavy (non-hydrogen) atoms. The Bertz CT molecular complexity index is 529. The van der Waals surface area contributed by atoms with Gasteiger partial charge in [0.25, 0.3) is 0 Å². The van der Waals surface area contributed by atoms with Crippen LogP contribution in [-0.4, -0.2) is 34.3 Å². The smallest absolute Gasteiger partial charge is 0.423 e. The Morgan fingerprint density at radius 3 is 1.10 bits per heavy atom. The molecule has 2 aromatic rings. The van der Waals surface area contributed by atoms with Crippen LogP contribution in [0.15, 0.2) is 60.7 Å². The Hall–Kier alpha value is -1.85. The molecule has 100 valence electrons. The van der Waals surface area contributed by atoms with Crippen molar-refractivity contribution in [2.45, 2.75) is 0 Å². The maximum absolute atomic E-state index is 9.62. The summed E-state index contributed by atoms with van der Waals surface area (Å²) in [5.74, 6) is 0. The van der Waals surface area contributed by atoms with Crippen LogP contribution in [0.2, 0.25) is 0 Å². The van der Waals surface area contributed by atoms with Crippen LogP contribution < -0.4 is 0 Å². The lowest BCUT2D eigenvalue weighted by Crippen LogP contribution is -2.23. The Morgan fingerprint density at radius 2 is 0.850 bits per heavy atom. The average Bonchev–Trinajstić information content (AvgIpc) is 2.45. The van der Waals surface area contributed by atoms with Crippen molar-refractivity contribution >= 4 is 25.2 Å². The Labute approximate surface area is 117 Å². The molecule has 0 radical (unpaired) electrons. The van der Waals surface area contributed by atoms with Crippen LogP contribution in [0.4, 0.5) is 0 Å². The molecule has 6 heteroatoms. The van der Waals surface area contributed by atoms with Crippen LogP contribution in [-0.2, 0) is 0 Å². The molecule has 0 aromatic heterocycles. The second-order valence-corrected chi connectivity index (χ2v) is 4.31. The predicted molar refractivity (Wildman–Crippen MR) is 80.1 cm³/mol. The van der Waals surface area contributed by atoms with Crippen LogP contribution in [0.5, 0.6) is 0 Å². The summed E-state index contributed by atoms with van der Waals surface area (Å²) in [6, 6.07) is 17.3. The molecule has 0 fully saturated rings. The van der Waals surface area contributed by atoms with Crippen molar-refractivity contribution in [3.8, 4) is 0 Å². The summed E-state index contributed by atoms with van der Waals surface area (Å²) < 4.78 is 0. The van der Waals surface area contributed by atoms with Crippen LogP contribution >= 0.6 is 0 Å². The fourth-order valence-corrected chi connectivity index (χ4v) is 2.12. The second kappa shape index (κ2) is 6.54. The first-order valence-corrected chi connectivity index (χ1v) is 6.18. The van der Waals surface area contributed by atoms with Gasteiger partial charge >= 0.3 is 14.2 Å². The molecule has 2 aromatic carbocycles. The molecule has 0 aliphatic heterocycles. The normalized spacial score (nSPS) is 11.8. The molecule has 2 rings (SSSR count). The minimum Gasteiger partial charge on any atom is -0.423 e. The molecule has 0 aliphatic rings. The van der Waals surface area contributed by atoms with E-state index in [9.17, 15) is 20.1 Å². The quantitative estimate of drug-likeness (QED) is 0.484. The summed E-state index contributed by atoms with van der Waals surface area (Å²) in [5.41, 5.74) is 1.20. The minimum atomic E-state index is -1.81. The van der Waals surface area contributed by atoms with Gasteiger partial charge in [-0.1, -0.05) is 60.7 Å². The standard InChI is InChI=1S/C14H14B2O4/c17-15(18)13(11-7-3-1-4-8-11)14(16(19)20)12-9-5-2-6-10-12/h1-10,17-20H. The van der Waals surface area contributed by atoms with Gasteiger partial charge in [0.2, 0.25) is 0 Å². The fourth-order valence-electron chi connectivity index (χ4n) is 2.12. The van der Waals surface area contributed by atoms with Gasteiger partial charge in [-0.2, -0.15) is 0 Å². The third-order valence-corrected chi connectivity index (χ3v) is 2.98. The highest BCUT2D eigenvalue weighted by atomic mass is 16.4. The van der Waals surface area contributed by atoms with Gasteiger partial charge in [-0.05, 0) is 22.1 Å². The zero-order valence-corrected chi connectivity index (χ0v) is 10.7. The minimum absolute atomic E-state index is 0.0757. The van der Waals surface area contributed by atoms with E-state index in [0.29, 0.717) is 11.1 Å². The Morgan fingerprint density at radius 1 is 0.550 bits per heavy atom. The van der Waals surface area contributed by atoms with Gasteiger partial charge < -0.3 is 20.1 Å². The molecule has 0 heterocycles. The maximum Gasteiger partial charge on any atom is 0.488 e. The molecule has 0 atom stereocenters. The van der Waals surface area contributed by atoms with E-state index < -0.39 is 14.2 Å². The predicted octanol–water partition coefficient (Wildman–Crippen LogP) is 0.621. The molecular weight excluding hydrogens is 254 g/mol. The highest BCUT2D eigenvalue weighted by Gasteiger charge is 2.28. The van der Waals surface area contributed by atoms with Gasteiger partial charge in [-0.25, -0.2) is 0 Å². The molecule has 4 nitrogen and oxygen atoms in total. The van der Waals surface area contributed by atoms with Crippen LogP contribution in [0.25, 0.3) is 10.9 Å². The fraction of sp³-hybridized carbons (Fsp3) is 0. The van der Waals surface area contributed by atoms with Gasteiger partial charge in [-0.15, -0.1) is 0 Å². The summed E-state index contributed by atoms with van der Waals surface area (Å²) in [6.45, 7) is 0. The van der Waals surface area contributed by atoms with Crippen molar-refractivity contribution in [2.24, 2.45) is 0 Å². The molecule has 0 saturated carbocycles. The van der Waals surface area contributed by atoms with Gasteiger partial charge in [0.05, 0.1) is 0 Å². The van der Waals surface area contributed by atoms with E-state index in [1.807, 2.05) is 0 Å². The number of hydrogen-bond acceptors (Lipinski definition) is 4. The molecule has 0 saturated heterocycles. The first kappa shape index (κ1) is 14.6. The molecule has 0 unspecified atom stereocenters. The highest BCUT2D eigenvalue weighted by molar-refractivity contribution is 6.79. The van der Waals surface area contributed by atoms with E-state index in [0.717, 1.165) is 0 Å². The molecule has 0 amide bonds. The van der Waals surface area contributed by atoms with Gasteiger partial charge in [-0.3, -0.25) is 0 Å². The monoisotopic (exact) mass is 268 g/mol. The third kappa shape index (κ3) is 3.18. The molecule has 0 bridgehead atoms. The van der Waals surface area contributed by atoms with Gasteiger partial charge in [0, 0.05) is 0 Å². The largest absolute Gasteiger partial charge is 0.488 e. The zero-order valence-electron chi connectivity index (χ0n) is 10.7. The van der Waals surface area contributed by atoms with E-state index in [-0.39, 0.29) is 10.9 Å². The lowest BCUT2D eigenvalue weighted by Gasteiger charge is -2.15. The van der Waals surface area contributed by atoms with E-state index in [4.69, 9.17) is 0 Å². The summed E-state index contributed by atoms with van der Waals surface area (Å²) in [7, 11) is -3.62. The zero-order chi connectivity index (χ0) is 14.5. The van der Waals surface area contributed by atoms with Crippen molar-refractivity contribution in [3.05, 3.63) is 71.8 Å². The maximum atomic E-state index is 9.62. The molecule has 0 spiro atoms. The number of benzene rings is 2. The van der Waals surface area contributed by atoms with Crippen molar-refractivity contribution in [1.29, 1.82) is 0 Å².